The Kier molecular flexibility index (Phi) is 3.57. The van der Waals surface area contributed by atoms with Crippen LogP contribution < -0.4 is 9.86 Å². The zero-order chi connectivity index (χ0) is 13.1. The van der Waals surface area contributed by atoms with E-state index in [1.807, 2.05) is 33.2 Å². The van der Waals surface area contributed by atoms with Gasteiger partial charge in [0.2, 0.25) is 0 Å². The molecule has 96 valence electrons. The van der Waals surface area contributed by atoms with Crippen molar-refractivity contribution >= 4 is 17.0 Å². The number of H-pyrrole nitrogens is 1. The highest BCUT2D eigenvalue weighted by Gasteiger charge is 2.10. The van der Waals surface area contributed by atoms with Crippen molar-refractivity contribution in [2.45, 2.75) is 6.92 Å². The first-order valence-corrected chi connectivity index (χ1v) is 5.88. The van der Waals surface area contributed by atoms with E-state index in [0.717, 1.165) is 23.2 Å². The van der Waals surface area contributed by atoms with Gasteiger partial charge in [0, 0.05) is 19.2 Å². The predicted octanol–water partition coefficient (Wildman–Crippen LogP) is 0.759. The summed E-state index contributed by atoms with van der Waals surface area (Å²) >= 11 is 0. The van der Waals surface area contributed by atoms with Crippen LogP contribution in [0, 0.1) is 11.8 Å². The first-order chi connectivity index (χ1) is 8.56. The molecule has 2 aromatic rings. The molecule has 0 radical (unpaired) electrons. The lowest BCUT2D eigenvalue weighted by atomic mass is 10.2. The number of aromatic nitrogens is 3. The summed E-state index contributed by atoms with van der Waals surface area (Å²) in [6.07, 6.45) is 0. The maximum Gasteiger partial charge on any atom is 0.317 e. The number of nitrogens with one attached hydrogen (secondary N) is 2. The van der Waals surface area contributed by atoms with E-state index in [1.54, 1.807) is 6.07 Å². The second kappa shape index (κ2) is 5.14. The molecule has 0 bridgehead atoms. The summed E-state index contributed by atoms with van der Waals surface area (Å²) in [6.45, 7) is 3.58. The largest absolute Gasteiger partial charge is 0.350 e. The third-order valence-electron chi connectivity index (χ3n) is 2.64. The standard InChI is InChI=1S/C12H18N5O/c1-9-4-5-11-10(8-9)14-12(15-17(11)18)13-6-7-16(2)3/h4-5,8H,6-7H2,1-3H3,(H2,13,14,15,18)/q+1. The topological polar surface area (TPSA) is 66.9 Å². The molecular formula is C12H18N5O+. The van der Waals surface area contributed by atoms with Crippen LogP contribution in [0.25, 0.3) is 11.0 Å². The van der Waals surface area contributed by atoms with E-state index in [4.69, 9.17) is 0 Å². The molecule has 1 heterocycles. The second-order valence-electron chi connectivity index (χ2n) is 4.59. The molecule has 0 atom stereocenters. The molecular weight excluding hydrogens is 230 g/mol. The number of hydrogen-bond acceptors (Lipinski definition) is 4. The van der Waals surface area contributed by atoms with Gasteiger partial charge in [-0.05, 0) is 32.6 Å². The average molecular weight is 248 g/mol. The number of anilines is 1. The molecule has 0 aliphatic carbocycles. The molecule has 0 aliphatic rings. The Labute approximate surface area is 105 Å². The van der Waals surface area contributed by atoms with Gasteiger partial charge in [0.1, 0.15) is 5.52 Å². The molecule has 2 N–H and O–H groups in total. The second-order valence-corrected chi connectivity index (χ2v) is 4.59. The SMILES string of the molecule is Cc1ccc2c(c1)nc(NCCN(C)C)[nH][n+]2=O. The van der Waals surface area contributed by atoms with Crippen LogP contribution in [-0.4, -0.2) is 42.2 Å². The molecule has 6 heteroatoms. The predicted molar refractivity (Wildman–Crippen MR) is 71.2 cm³/mol. The van der Waals surface area contributed by atoms with Crippen LogP contribution in [0.2, 0.25) is 0 Å². The van der Waals surface area contributed by atoms with Gasteiger partial charge in [-0.15, -0.1) is 0 Å². The Morgan fingerprint density at radius 1 is 1.44 bits per heavy atom. The fraction of sp³-hybridized carbons (Fsp3) is 0.417. The van der Waals surface area contributed by atoms with Gasteiger partial charge in [-0.3, -0.25) is 0 Å². The lowest BCUT2D eigenvalue weighted by Crippen LogP contribution is -2.26. The maximum atomic E-state index is 11.8. The number of aryl methyl sites for hydroxylation is 1. The quantitative estimate of drug-likeness (QED) is 0.784. The van der Waals surface area contributed by atoms with Crippen molar-refractivity contribution in [2.75, 3.05) is 32.5 Å². The van der Waals surface area contributed by atoms with Crippen molar-refractivity contribution in [3.8, 4) is 0 Å². The van der Waals surface area contributed by atoms with Crippen LogP contribution in [0.3, 0.4) is 0 Å². The molecule has 2 rings (SSSR count). The molecule has 0 spiro atoms. The normalized spacial score (nSPS) is 11.1. The van der Waals surface area contributed by atoms with E-state index < -0.39 is 0 Å². The van der Waals surface area contributed by atoms with Gasteiger partial charge in [0.25, 0.3) is 5.95 Å². The lowest BCUT2D eigenvalue weighted by Gasteiger charge is -2.09. The summed E-state index contributed by atoms with van der Waals surface area (Å²) in [5.74, 6) is 0.491. The Balaban J connectivity index is 2.27. The van der Waals surface area contributed by atoms with Crippen LogP contribution in [0.1, 0.15) is 5.56 Å². The number of hydrogen-bond donors (Lipinski definition) is 2. The molecule has 6 nitrogen and oxygen atoms in total. The molecule has 0 aliphatic heterocycles. The molecule has 0 unspecified atom stereocenters. The summed E-state index contributed by atoms with van der Waals surface area (Å²) < 4.78 is 0.736. The van der Waals surface area contributed by atoms with Gasteiger partial charge < -0.3 is 10.2 Å². The van der Waals surface area contributed by atoms with Crippen LogP contribution in [0.5, 0.6) is 0 Å². The molecule has 1 aromatic heterocycles. The van der Waals surface area contributed by atoms with Gasteiger partial charge in [-0.2, -0.15) is 0 Å². The van der Waals surface area contributed by atoms with E-state index >= 15 is 0 Å². The number of fused-ring (bicyclic) bond motifs is 1. The van der Waals surface area contributed by atoms with Crippen molar-refractivity contribution in [1.82, 2.24) is 15.0 Å². The summed E-state index contributed by atoms with van der Waals surface area (Å²) in [5.41, 5.74) is 2.32. The molecule has 0 amide bonds. The van der Waals surface area contributed by atoms with E-state index in [0.29, 0.717) is 17.0 Å². The number of nitrogens with zero attached hydrogens (tertiary/aromatic N) is 3. The number of aromatic amines is 1. The summed E-state index contributed by atoms with van der Waals surface area (Å²) in [5, 5.41) is 5.76. The van der Waals surface area contributed by atoms with Gasteiger partial charge in [-0.1, -0.05) is 11.2 Å². The van der Waals surface area contributed by atoms with E-state index in [1.165, 1.54) is 0 Å². The molecule has 0 fully saturated rings. The highest BCUT2D eigenvalue weighted by Crippen LogP contribution is 2.09. The smallest absolute Gasteiger partial charge is 0.317 e. The van der Waals surface area contributed by atoms with Gasteiger partial charge >= 0.3 is 5.52 Å². The molecule has 18 heavy (non-hydrogen) atoms. The van der Waals surface area contributed by atoms with Crippen LogP contribution >= 0.6 is 0 Å². The molecule has 0 saturated carbocycles. The van der Waals surface area contributed by atoms with Crippen molar-refractivity contribution < 1.29 is 4.54 Å². The fourth-order valence-corrected chi connectivity index (χ4v) is 1.67. The van der Waals surface area contributed by atoms with E-state index in [-0.39, 0.29) is 0 Å². The van der Waals surface area contributed by atoms with Crippen LogP contribution in [-0.2, 0) is 0 Å². The highest BCUT2D eigenvalue weighted by atomic mass is 16.3. The van der Waals surface area contributed by atoms with Gasteiger partial charge in [-0.25, -0.2) is 4.98 Å². The zero-order valence-electron chi connectivity index (χ0n) is 10.9. The minimum Gasteiger partial charge on any atom is -0.350 e. The highest BCUT2D eigenvalue weighted by molar-refractivity contribution is 5.72. The van der Waals surface area contributed by atoms with Gasteiger partial charge in [0.15, 0.2) is 4.54 Å². The summed E-state index contributed by atoms with van der Waals surface area (Å²) in [7, 11) is 3.99. The monoisotopic (exact) mass is 248 g/mol. The Hall–Kier alpha value is -1.95. The van der Waals surface area contributed by atoms with E-state index in [9.17, 15) is 4.91 Å². The average Bonchev–Trinajstić information content (AvgIpc) is 2.27. The Bertz CT molecular complexity index is 605. The summed E-state index contributed by atoms with van der Waals surface area (Å²) in [6, 6.07) is 5.56. The minimum absolute atomic E-state index is 0.491. The fourth-order valence-electron chi connectivity index (χ4n) is 1.67. The third kappa shape index (κ3) is 2.84. The number of likely N-dealkylation sites (N-methyl/N-ethyl adjacent to an activating group) is 1. The molecule has 0 saturated heterocycles. The van der Waals surface area contributed by atoms with Gasteiger partial charge in [0.05, 0.1) is 4.91 Å². The van der Waals surface area contributed by atoms with Crippen molar-refractivity contribution in [2.24, 2.45) is 0 Å². The third-order valence-corrected chi connectivity index (χ3v) is 2.64. The summed E-state index contributed by atoms with van der Waals surface area (Å²) in [4.78, 5) is 18.2. The van der Waals surface area contributed by atoms with Crippen LogP contribution in [0.4, 0.5) is 5.95 Å². The van der Waals surface area contributed by atoms with Crippen molar-refractivity contribution in [3.05, 3.63) is 28.7 Å². The number of rotatable bonds is 4. The zero-order valence-corrected chi connectivity index (χ0v) is 10.9. The Morgan fingerprint density at radius 3 is 2.94 bits per heavy atom. The first kappa shape index (κ1) is 12.5. The van der Waals surface area contributed by atoms with Crippen molar-refractivity contribution in [3.63, 3.8) is 0 Å². The Morgan fingerprint density at radius 2 is 2.22 bits per heavy atom. The van der Waals surface area contributed by atoms with E-state index in [2.05, 4.69) is 20.3 Å². The lowest BCUT2D eigenvalue weighted by molar-refractivity contribution is -0.535. The van der Waals surface area contributed by atoms with Crippen LogP contribution in [0.15, 0.2) is 18.2 Å². The maximum absolute atomic E-state index is 11.8. The molecule has 1 aromatic carbocycles. The number of benzene rings is 1. The van der Waals surface area contributed by atoms with Crippen molar-refractivity contribution in [1.29, 1.82) is 0 Å². The minimum atomic E-state index is 0.491. The first-order valence-electron chi connectivity index (χ1n) is 5.88.